The molecule has 1 rings (SSSR count). The third kappa shape index (κ3) is 3.42. The lowest BCUT2D eigenvalue weighted by Crippen LogP contribution is -2.18. The Morgan fingerprint density at radius 1 is 1.56 bits per heavy atom. The van der Waals surface area contributed by atoms with Crippen LogP contribution in [0, 0.1) is 0 Å². The molecule has 0 bridgehead atoms. The number of hydrogen-bond acceptors (Lipinski definition) is 2. The van der Waals surface area contributed by atoms with Gasteiger partial charge in [0, 0.05) is 13.5 Å². The number of allylic oxidation sites excluding steroid dienone is 1. The molecule has 1 amide bonds. The van der Waals surface area contributed by atoms with Crippen LogP contribution in [0.2, 0.25) is 0 Å². The second kappa shape index (κ2) is 5.95. The molecule has 0 saturated heterocycles. The molecule has 86 valence electrons. The average Bonchev–Trinajstić information content (AvgIpc) is 2.28. The topological polar surface area (TPSA) is 38.3 Å². The number of carbonyl (C=O) groups is 1. The van der Waals surface area contributed by atoms with Gasteiger partial charge < -0.3 is 10.1 Å². The fourth-order valence-corrected chi connectivity index (χ4v) is 1.45. The molecule has 16 heavy (non-hydrogen) atoms. The van der Waals surface area contributed by atoms with E-state index in [2.05, 4.69) is 11.9 Å². The van der Waals surface area contributed by atoms with E-state index in [-0.39, 0.29) is 5.91 Å². The van der Waals surface area contributed by atoms with Gasteiger partial charge in [-0.2, -0.15) is 0 Å². The van der Waals surface area contributed by atoms with Crippen LogP contribution in [0.5, 0.6) is 5.75 Å². The van der Waals surface area contributed by atoms with Crippen molar-refractivity contribution in [1.82, 2.24) is 5.32 Å². The van der Waals surface area contributed by atoms with Crippen LogP contribution in [-0.2, 0) is 17.8 Å². The summed E-state index contributed by atoms with van der Waals surface area (Å²) in [4.78, 5) is 10.8. The second-order valence-corrected chi connectivity index (χ2v) is 3.55. The van der Waals surface area contributed by atoms with Crippen LogP contribution in [0.1, 0.15) is 18.1 Å². The van der Waals surface area contributed by atoms with E-state index in [1.165, 1.54) is 6.92 Å². The number of benzene rings is 1. The lowest BCUT2D eigenvalue weighted by atomic mass is 10.1. The SMILES string of the molecule is C=CCc1ccc(CNC(C)=O)cc1OC. The molecule has 1 aromatic rings. The zero-order valence-electron chi connectivity index (χ0n) is 9.75. The molecule has 3 heteroatoms. The Kier molecular flexibility index (Phi) is 4.58. The molecule has 0 aliphatic heterocycles. The molecule has 0 aliphatic rings. The summed E-state index contributed by atoms with van der Waals surface area (Å²) in [5.41, 5.74) is 2.13. The van der Waals surface area contributed by atoms with Crippen molar-refractivity contribution in [1.29, 1.82) is 0 Å². The van der Waals surface area contributed by atoms with Crippen molar-refractivity contribution in [3.63, 3.8) is 0 Å². The van der Waals surface area contributed by atoms with Crippen LogP contribution < -0.4 is 10.1 Å². The van der Waals surface area contributed by atoms with Crippen LogP contribution >= 0.6 is 0 Å². The van der Waals surface area contributed by atoms with Crippen LogP contribution in [0.4, 0.5) is 0 Å². The van der Waals surface area contributed by atoms with Crippen molar-refractivity contribution in [3.8, 4) is 5.75 Å². The summed E-state index contributed by atoms with van der Waals surface area (Å²) in [5.74, 6) is 0.803. The van der Waals surface area contributed by atoms with Gasteiger partial charge in [0.2, 0.25) is 5.91 Å². The first-order chi connectivity index (χ1) is 7.67. The summed E-state index contributed by atoms with van der Waals surface area (Å²) in [5, 5.41) is 2.75. The minimum absolute atomic E-state index is 0.0332. The van der Waals surface area contributed by atoms with Crippen molar-refractivity contribution in [2.45, 2.75) is 19.9 Å². The smallest absolute Gasteiger partial charge is 0.217 e. The maximum Gasteiger partial charge on any atom is 0.217 e. The number of nitrogens with one attached hydrogen (secondary N) is 1. The molecule has 3 nitrogen and oxygen atoms in total. The number of amides is 1. The van der Waals surface area contributed by atoms with E-state index >= 15 is 0 Å². The normalized spacial score (nSPS) is 9.62. The Balaban J connectivity index is 2.81. The summed E-state index contributed by atoms with van der Waals surface area (Å²) < 4.78 is 5.28. The molecular formula is C13H17NO2. The first-order valence-corrected chi connectivity index (χ1v) is 5.18. The van der Waals surface area contributed by atoms with Gasteiger partial charge in [0.15, 0.2) is 0 Å². The van der Waals surface area contributed by atoms with Crippen LogP contribution in [0.15, 0.2) is 30.9 Å². The molecule has 0 unspecified atom stereocenters. The Labute approximate surface area is 96.1 Å². The van der Waals surface area contributed by atoms with Crippen molar-refractivity contribution in [2.75, 3.05) is 7.11 Å². The highest BCUT2D eigenvalue weighted by Crippen LogP contribution is 2.20. The van der Waals surface area contributed by atoms with Gasteiger partial charge in [0.1, 0.15) is 5.75 Å². The molecule has 0 saturated carbocycles. The van der Waals surface area contributed by atoms with Gasteiger partial charge in [-0.3, -0.25) is 4.79 Å². The van der Waals surface area contributed by atoms with Crippen molar-refractivity contribution in [2.24, 2.45) is 0 Å². The molecule has 0 heterocycles. The highest BCUT2D eigenvalue weighted by Gasteiger charge is 2.03. The van der Waals surface area contributed by atoms with E-state index in [1.807, 2.05) is 24.3 Å². The molecule has 0 spiro atoms. The van der Waals surface area contributed by atoms with Crippen LogP contribution in [0.25, 0.3) is 0 Å². The van der Waals surface area contributed by atoms with Crippen molar-refractivity contribution in [3.05, 3.63) is 42.0 Å². The number of methoxy groups -OCH3 is 1. The Bertz CT molecular complexity index is 386. The average molecular weight is 219 g/mol. The van der Waals surface area contributed by atoms with E-state index < -0.39 is 0 Å². The van der Waals surface area contributed by atoms with Crippen LogP contribution in [0.3, 0.4) is 0 Å². The van der Waals surface area contributed by atoms with Gasteiger partial charge in [-0.05, 0) is 23.6 Å². The standard InChI is InChI=1S/C13H17NO2/c1-4-5-12-7-6-11(8-13(12)16-3)9-14-10(2)15/h4,6-8H,1,5,9H2,2-3H3,(H,14,15). The Morgan fingerprint density at radius 2 is 2.31 bits per heavy atom. The van der Waals surface area contributed by atoms with Gasteiger partial charge in [-0.25, -0.2) is 0 Å². The Morgan fingerprint density at radius 3 is 2.88 bits per heavy atom. The molecule has 0 radical (unpaired) electrons. The number of hydrogen-bond donors (Lipinski definition) is 1. The monoisotopic (exact) mass is 219 g/mol. The van der Waals surface area contributed by atoms with Gasteiger partial charge in [-0.15, -0.1) is 6.58 Å². The molecule has 1 aromatic carbocycles. The first-order valence-electron chi connectivity index (χ1n) is 5.18. The fraction of sp³-hybridized carbons (Fsp3) is 0.308. The van der Waals surface area contributed by atoms with E-state index in [1.54, 1.807) is 7.11 Å². The van der Waals surface area contributed by atoms with Crippen molar-refractivity contribution >= 4 is 5.91 Å². The number of ether oxygens (including phenoxy) is 1. The number of carbonyl (C=O) groups excluding carboxylic acids is 1. The van der Waals surface area contributed by atoms with Gasteiger partial charge in [0.25, 0.3) is 0 Å². The molecule has 1 N–H and O–H groups in total. The first kappa shape index (κ1) is 12.3. The molecule has 0 aromatic heterocycles. The van der Waals surface area contributed by atoms with E-state index in [0.717, 1.165) is 23.3 Å². The predicted octanol–water partition coefficient (Wildman–Crippen LogP) is 2.06. The lowest BCUT2D eigenvalue weighted by Gasteiger charge is -2.09. The number of rotatable bonds is 5. The maximum absolute atomic E-state index is 10.8. The summed E-state index contributed by atoms with van der Waals surface area (Å²) in [6, 6.07) is 5.92. The quantitative estimate of drug-likeness (QED) is 0.770. The highest BCUT2D eigenvalue weighted by atomic mass is 16.5. The minimum atomic E-state index is -0.0332. The van der Waals surface area contributed by atoms with E-state index in [9.17, 15) is 4.79 Å². The largest absolute Gasteiger partial charge is 0.496 e. The van der Waals surface area contributed by atoms with Crippen molar-refractivity contribution < 1.29 is 9.53 Å². The van der Waals surface area contributed by atoms with Gasteiger partial charge in [0.05, 0.1) is 7.11 Å². The van der Waals surface area contributed by atoms with Gasteiger partial charge in [-0.1, -0.05) is 18.2 Å². The molecule has 0 fully saturated rings. The van der Waals surface area contributed by atoms with E-state index in [4.69, 9.17) is 4.74 Å². The zero-order chi connectivity index (χ0) is 12.0. The third-order valence-electron chi connectivity index (χ3n) is 2.26. The lowest BCUT2D eigenvalue weighted by molar-refractivity contribution is -0.119. The molecule has 0 aliphatic carbocycles. The van der Waals surface area contributed by atoms with Gasteiger partial charge >= 0.3 is 0 Å². The van der Waals surface area contributed by atoms with Crippen LogP contribution in [-0.4, -0.2) is 13.0 Å². The maximum atomic E-state index is 10.8. The molecular weight excluding hydrogens is 202 g/mol. The summed E-state index contributed by atoms with van der Waals surface area (Å²) in [6.07, 6.45) is 2.62. The summed E-state index contributed by atoms with van der Waals surface area (Å²) in [7, 11) is 1.64. The predicted molar refractivity (Wildman–Crippen MR) is 64.4 cm³/mol. The molecule has 0 atom stereocenters. The highest BCUT2D eigenvalue weighted by molar-refractivity contribution is 5.72. The second-order valence-electron chi connectivity index (χ2n) is 3.55. The third-order valence-corrected chi connectivity index (χ3v) is 2.26. The summed E-state index contributed by atoms with van der Waals surface area (Å²) >= 11 is 0. The fourth-order valence-electron chi connectivity index (χ4n) is 1.45. The Hall–Kier alpha value is -1.77. The minimum Gasteiger partial charge on any atom is -0.496 e. The summed E-state index contributed by atoms with van der Waals surface area (Å²) in [6.45, 7) is 5.73. The zero-order valence-corrected chi connectivity index (χ0v) is 9.75. The van der Waals surface area contributed by atoms with E-state index in [0.29, 0.717) is 6.54 Å².